The predicted molar refractivity (Wildman–Crippen MR) is 62.4 cm³/mol. The van der Waals surface area contributed by atoms with Gasteiger partial charge in [0.2, 0.25) is 5.89 Å². The van der Waals surface area contributed by atoms with Crippen molar-refractivity contribution in [2.24, 2.45) is 0 Å². The Morgan fingerprint density at radius 2 is 2.06 bits per heavy atom. The second-order valence-corrected chi connectivity index (χ2v) is 3.59. The second kappa shape index (κ2) is 3.89. The number of methoxy groups -OCH3 is 1. The number of ether oxygens (including phenoxy) is 1. The van der Waals surface area contributed by atoms with Crippen molar-refractivity contribution in [3.8, 4) is 17.2 Å². The Balaban J connectivity index is 2.59. The summed E-state index contributed by atoms with van der Waals surface area (Å²) in [6.07, 6.45) is 0. The van der Waals surface area contributed by atoms with Crippen molar-refractivity contribution >= 4 is 5.69 Å². The molecule has 0 spiro atoms. The zero-order valence-corrected chi connectivity index (χ0v) is 9.57. The summed E-state index contributed by atoms with van der Waals surface area (Å²) in [4.78, 5) is 4.33. The molecule has 4 nitrogen and oxygen atoms in total. The van der Waals surface area contributed by atoms with Gasteiger partial charge in [0.15, 0.2) is 5.75 Å². The van der Waals surface area contributed by atoms with Gasteiger partial charge in [0.05, 0.1) is 24.1 Å². The van der Waals surface area contributed by atoms with Crippen molar-refractivity contribution < 1.29 is 9.15 Å². The van der Waals surface area contributed by atoms with Gasteiger partial charge < -0.3 is 14.9 Å². The minimum atomic E-state index is 0.541. The van der Waals surface area contributed by atoms with Crippen LogP contribution in [0.5, 0.6) is 5.75 Å². The number of hydrogen-bond donors (Lipinski definition) is 1. The average Bonchev–Trinajstić information content (AvgIpc) is 2.59. The molecule has 1 aromatic heterocycles. The number of para-hydroxylation sites is 1. The van der Waals surface area contributed by atoms with Crippen LogP contribution in [0.3, 0.4) is 0 Å². The SMILES string of the molecule is COc1c(N)cccc1-c1nc(C)c(C)o1. The van der Waals surface area contributed by atoms with Gasteiger partial charge >= 0.3 is 0 Å². The summed E-state index contributed by atoms with van der Waals surface area (Å²) in [7, 11) is 1.58. The van der Waals surface area contributed by atoms with Crippen LogP contribution in [0.15, 0.2) is 22.6 Å². The summed E-state index contributed by atoms with van der Waals surface area (Å²) in [5.74, 6) is 1.95. The number of rotatable bonds is 2. The maximum Gasteiger partial charge on any atom is 0.230 e. The number of nitrogens with two attached hydrogens (primary N) is 1. The third kappa shape index (κ3) is 1.62. The molecule has 0 aliphatic carbocycles. The van der Waals surface area contributed by atoms with E-state index in [0.717, 1.165) is 17.0 Å². The molecular weight excluding hydrogens is 204 g/mol. The third-order valence-electron chi connectivity index (χ3n) is 2.51. The topological polar surface area (TPSA) is 61.3 Å². The molecule has 0 saturated carbocycles. The van der Waals surface area contributed by atoms with Gasteiger partial charge in [0.1, 0.15) is 5.76 Å². The fourth-order valence-corrected chi connectivity index (χ4v) is 1.54. The molecule has 2 rings (SSSR count). The monoisotopic (exact) mass is 218 g/mol. The van der Waals surface area contributed by atoms with Gasteiger partial charge in [-0.15, -0.1) is 0 Å². The van der Waals surface area contributed by atoms with Gasteiger partial charge in [-0.05, 0) is 26.0 Å². The van der Waals surface area contributed by atoms with Crippen LogP contribution in [-0.2, 0) is 0 Å². The summed E-state index contributed by atoms with van der Waals surface area (Å²) in [6, 6.07) is 5.51. The molecule has 84 valence electrons. The first kappa shape index (κ1) is 10.5. The lowest BCUT2D eigenvalue weighted by Gasteiger charge is -2.07. The van der Waals surface area contributed by atoms with Crippen LogP contribution < -0.4 is 10.5 Å². The van der Waals surface area contributed by atoms with Crippen LogP contribution in [0.4, 0.5) is 5.69 Å². The zero-order chi connectivity index (χ0) is 11.7. The number of aryl methyl sites for hydroxylation is 2. The van der Waals surface area contributed by atoms with E-state index in [9.17, 15) is 0 Å². The highest BCUT2D eigenvalue weighted by atomic mass is 16.5. The van der Waals surface area contributed by atoms with E-state index in [1.807, 2.05) is 26.0 Å². The second-order valence-electron chi connectivity index (χ2n) is 3.59. The van der Waals surface area contributed by atoms with Crippen molar-refractivity contribution in [1.29, 1.82) is 0 Å². The molecule has 0 aliphatic heterocycles. The smallest absolute Gasteiger partial charge is 0.230 e. The van der Waals surface area contributed by atoms with E-state index in [1.54, 1.807) is 13.2 Å². The standard InChI is InChI=1S/C12H14N2O2/c1-7-8(2)16-12(14-7)9-5-4-6-10(13)11(9)15-3/h4-6H,13H2,1-3H3. The van der Waals surface area contributed by atoms with E-state index in [2.05, 4.69) is 4.98 Å². The lowest BCUT2D eigenvalue weighted by atomic mass is 10.1. The van der Waals surface area contributed by atoms with Crippen LogP contribution in [0.1, 0.15) is 11.5 Å². The van der Waals surface area contributed by atoms with E-state index >= 15 is 0 Å². The fourth-order valence-electron chi connectivity index (χ4n) is 1.54. The van der Waals surface area contributed by atoms with E-state index < -0.39 is 0 Å². The highest BCUT2D eigenvalue weighted by Gasteiger charge is 2.14. The Hall–Kier alpha value is -1.97. The molecule has 1 heterocycles. The first-order chi connectivity index (χ1) is 7.63. The lowest BCUT2D eigenvalue weighted by molar-refractivity contribution is 0.416. The van der Waals surface area contributed by atoms with Crippen molar-refractivity contribution in [2.45, 2.75) is 13.8 Å². The number of nitrogen functional groups attached to an aromatic ring is 1. The van der Waals surface area contributed by atoms with Crippen molar-refractivity contribution in [3.63, 3.8) is 0 Å². The van der Waals surface area contributed by atoms with Gasteiger partial charge in [-0.3, -0.25) is 0 Å². The van der Waals surface area contributed by atoms with Gasteiger partial charge in [-0.2, -0.15) is 0 Å². The largest absolute Gasteiger partial charge is 0.494 e. The molecule has 0 atom stereocenters. The van der Waals surface area contributed by atoms with Crippen LogP contribution >= 0.6 is 0 Å². The number of anilines is 1. The zero-order valence-electron chi connectivity index (χ0n) is 9.57. The normalized spacial score (nSPS) is 10.4. The molecule has 2 aromatic rings. The van der Waals surface area contributed by atoms with Crippen molar-refractivity contribution in [1.82, 2.24) is 4.98 Å². The molecule has 0 radical (unpaired) electrons. The van der Waals surface area contributed by atoms with Gasteiger partial charge in [-0.25, -0.2) is 4.98 Å². The molecule has 0 aliphatic rings. The average molecular weight is 218 g/mol. The minimum Gasteiger partial charge on any atom is -0.494 e. The predicted octanol–water partition coefficient (Wildman–Crippen LogP) is 2.55. The molecule has 2 N–H and O–H groups in total. The summed E-state index contributed by atoms with van der Waals surface area (Å²) in [6.45, 7) is 3.78. The minimum absolute atomic E-state index is 0.541. The van der Waals surface area contributed by atoms with Gasteiger partial charge in [-0.1, -0.05) is 6.07 Å². The van der Waals surface area contributed by atoms with E-state index in [0.29, 0.717) is 17.3 Å². The van der Waals surface area contributed by atoms with E-state index in [4.69, 9.17) is 14.9 Å². The van der Waals surface area contributed by atoms with Crippen LogP contribution in [0.25, 0.3) is 11.5 Å². The number of nitrogens with zero attached hydrogens (tertiary/aromatic N) is 1. The van der Waals surface area contributed by atoms with Gasteiger partial charge in [0, 0.05) is 0 Å². The Morgan fingerprint density at radius 1 is 1.31 bits per heavy atom. The maximum atomic E-state index is 5.82. The Morgan fingerprint density at radius 3 is 2.62 bits per heavy atom. The van der Waals surface area contributed by atoms with Crippen molar-refractivity contribution in [2.75, 3.05) is 12.8 Å². The maximum absolute atomic E-state index is 5.82. The van der Waals surface area contributed by atoms with E-state index in [-0.39, 0.29) is 0 Å². The Kier molecular flexibility index (Phi) is 2.56. The molecule has 4 heteroatoms. The van der Waals surface area contributed by atoms with Crippen LogP contribution in [0.2, 0.25) is 0 Å². The molecule has 0 amide bonds. The molecule has 0 saturated heterocycles. The third-order valence-corrected chi connectivity index (χ3v) is 2.51. The number of benzene rings is 1. The van der Waals surface area contributed by atoms with Crippen LogP contribution in [0, 0.1) is 13.8 Å². The Bertz CT molecular complexity index is 498. The summed E-state index contributed by atoms with van der Waals surface area (Å²) in [5, 5.41) is 0. The van der Waals surface area contributed by atoms with Crippen LogP contribution in [-0.4, -0.2) is 12.1 Å². The molecule has 1 aromatic carbocycles. The number of aromatic nitrogens is 1. The quantitative estimate of drug-likeness (QED) is 0.787. The summed E-state index contributed by atoms with van der Waals surface area (Å²) >= 11 is 0. The molecule has 0 fully saturated rings. The Labute approximate surface area is 94.1 Å². The molecule has 0 bridgehead atoms. The first-order valence-corrected chi connectivity index (χ1v) is 5.00. The highest BCUT2D eigenvalue weighted by Crippen LogP contribution is 2.34. The summed E-state index contributed by atoms with van der Waals surface area (Å²) in [5.41, 5.74) is 8.05. The van der Waals surface area contributed by atoms with Crippen molar-refractivity contribution in [3.05, 3.63) is 29.7 Å². The highest BCUT2D eigenvalue weighted by molar-refractivity contribution is 5.72. The van der Waals surface area contributed by atoms with E-state index in [1.165, 1.54) is 0 Å². The summed E-state index contributed by atoms with van der Waals surface area (Å²) < 4.78 is 10.8. The lowest BCUT2D eigenvalue weighted by Crippen LogP contribution is -1.94. The molecule has 16 heavy (non-hydrogen) atoms. The first-order valence-electron chi connectivity index (χ1n) is 5.00. The molecular formula is C12H14N2O2. The number of oxazole rings is 1. The van der Waals surface area contributed by atoms with Gasteiger partial charge in [0.25, 0.3) is 0 Å². The fraction of sp³-hybridized carbons (Fsp3) is 0.250. The number of hydrogen-bond acceptors (Lipinski definition) is 4. The molecule has 0 unspecified atom stereocenters.